The van der Waals surface area contributed by atoms with E-state index in [0.717, 1.165) is 31.7 Å². The van der Waals surface area contributed by atoms with Gasteiger partial charge in [0.1, 0.15) is 22.7 Å². The maximum absolute atomic E-state index is 15.3. The molecule has 1 amide bonds. The summed E-state index contributed by atoms with van der Waals surface area (Å²) in [6.45, 7) is 8.01. The lowest BCUT2D eigenvalue weighted by Crippen LogP contribution is -2.27. The molecule has 2 N–H and O–H groups in total. The van der Waals surface area contributed by atoms with Crippen molar-refractivity contribution in [2.45, 2.75) is 65.0 Å². The summed E-state index contributed by atoms with van der Waals surface area (Å²) in [5.41, 5.74) is 3.35. The maximum atomic E-state index is 15.3. The van der Waals surface area contributed by atoms with Crippen LogP contribution in [0.3, 0.4) is 0 Å². The number of aromatic nitrogens is 1. The lowest BCUT2D eigenvalue weighted by atomic mass is 10.1. The molecule has 4 rings (SSSR count). The number of fused-ring (bicyclic) bond motifs is 1. The number of carbonyl (C=O) groups excluding carboxylic acids is 3. The Morgan fingerprint density at radius 2 is 1.68 bits per heavy atom. The molecular weight excluding hydrogens is 520 g/mol. The van der Waals surface area contributed by atoms with E-state index in [2.05, 4.69) is 9.47 Å². The number of benzene rings is 1. The zero-order valence-corrected chi connectivity index (χ0v) is 23.4. The number of ether oxygens (including phenoxy) is 2. The molecule has 9 nitrogen and oxygen atoms in total. The molecule has 2 heterocycles. The monoisotopic (exact) mass is 555 g/mol. The Balaban J connectivity index is 0.000000326. The first-order valence-electron chi connectivity index (χ1n) is 12.1. The maximum Gasteiger partial charge on any atom is 0.405 e. The van der Waals surface area contributed by atoms with Gasteiger partial charge < -0.3 is 24.7 Å². The van der Waals surface area contributed by atoms with Gasteiger partial charge in [-0.2, -0.15) is 0 Å². The lowest BCUT2D eigenvalue weighted by molar-refractivity contribution is -0.109. The molecular formula is C26H35F2N3O6S. The average molecular weight is 556 g/mol. The van der Waals surface area contributed by atoms with Gasteiger partial charge in [0.15, 0.2) is 10.9 Å². The Labute approximate surface area is 224 Å². The van der Waals surface area contributed by atoms with E-state index in [0.29, 0.717) is 13.1 Å². The van der Waals surface area contributed by atoms with Crippen molar-refractivity contribution < 1.29 is 32.6 Å². The van der Waals surface area contributed by atoms with E-state index in [1.54, 1.807) is 43.4 Å². The van der Waals surface area contributed by atoms with Gasteiger partial charge in [0, 0.05) is 32.3 Å². The number of hydrogen-bond acceptors (Lipinski definition) is 8. The number of amides is 1. The number of halogens is 2. The van der Waals surface area contributed by atoms with E-state index < -0.39 is 34.7 Å². The number of anilines is 1. The van der Waals surface area contributed by atoms with Crippen LogP contribution in [0.25, 0.3) is 10.9 Å². The van der Waals surface area contributed by atoms with Crippen LogP contribution in [0.15, 0.2) is 17.1 Å². The molecule has 1 aliphatic carbocycles. The number of esters is 1. The average Bonchev–Trinajstić information content (AvgIpc) is 3.53. The zero-order valence-electron chi connectivity index (χ0n) is 22.6. The number of methoxy groups -OCH3 is 1. The summed E-state index contributed by atoms with van der Waals surface area (Å²) in [6.07, 6.45) is 5.81. The molecule has 0 bridgehead atoms. The molecule has 0 atom stereocenters. The van der Waals surface area contributed by atoms with Crippen LogP contribution in [-0.2, 0) is 14.3 Å². The van der Waals surface area contributed by atoms with Gasteiger partial charge in [-0.05, 0) is 58.8 Å². The molecule has 0 spiro atoms. The second kappa shape index (κ2) is 13.1. The van der Waals surface area contributed by atoms with E-state index in [-0.39, 0.29) is 33.3 Å². The number of rotatable bonds is 3. The summed E-state index contributed by atoms with van der Waals surface area (Å²) < 4.78 is 40.7. The molecule has 0 radical (unpaired) electrons. The summed E-state index contributed by atoms with van der Waals surface area (Å²) in [6, 6.07) is 1.07. The van der Waals surface area contributed by atoms with Crippen molar-refractivity contribution in [3.8, 4) is 0 Å². The number of thioether (sulfide) groups is 1. The van der Waals surface area contributed by atoms with Crippen molar-refractivity contribution >= 4 is 45.5 Å². The van der Waals surface area contributed by atoms with Crippen LogP contribution in [0.4, 0.5) is 19.3 Å². The zero-order chi connectivity index (χ0) is 28.8. The van der Waals surface area contributed by atoms with E-state index >= 15 is 4.39 Å². The van der Waals surface area contributed by atoms with Crippen molar-refractivity contribution in [1.29, 1.82) is 0 Å². The standard InChI is InChI=1S/C18H18F2N2O3.C5H11NO2.C3H6OS/c1-25-18(24)12-9-22(10-4-5-10)15-11(17(12)23)8-13(19)16(14(15)20)21-6-2-3-7-21;1-5(2,3)8-4(6)7;1-3(4)5-2/h8-10H,2-7H2,1H3;1-3H3,(H2,6,7);1-2H3. The van der Waals surface area contributed by atoms with Gasteiger partial charge in [0.2, 0.25) is 5.43 Å². The largest absolute Gasteiger partial charge is 0.465 e. The summed E-state index contributed by atoms with van der Waals surface area (Å²) in [5, 5.41) is 0.0535. The van der Waals surface area contributed by atoms with Gasteiger partial charge in [-0.3, -0.25) is 9.59 Å². The molecule has 38 heavy (non-hydrogen) atoms. The van der Waals surface area contributed by atoms with Gasteiger partial charge in [-0.25, -0.2) is 18.4 Å². The molecule has 210 valence electrons. The van der Waals surface area contributed by atoms with Crippen LogP contribution in [0.1, 0.15) is 69.8 Å². The number of primary amides is 1. The Hall–Kier alpha value is -3.15. The highest BCUT2D eigenvalue weighted by Gasteiger charge is 2.31. The van der Waals surface area contributed by atoms with Crippen molar-refractivity contribution in [3.63, 3.8) is 0 Å². The fourth-order valence-corrected chi connectivity index (χ4v) is 3.86. The van der Waals surface area contributed by atoms with Crippen LogP contribution in [0.2, 0.25) is 0 Å². The number of carbonyl (C=O) groups is 3. The molecule has 0 unspecified atom stereocenters. The molecule has 1 aromatic heterocycles. The fraction of sp³-hybridized carbons (Fsp3) is 0.538. The molecule has 2 aromatic rings. The quantitative estimate of drug-likeness (QED) is 0.538. The summed E-state index contributed by atoms with van der Waals surface area (Å²) in [4.78, 5) is 46.0. The molecule has 12 heteroatoms. The summed E-state index contributed by atoms with van der Waals surface area (Å²) in [7, 11) is 1.17. The van der Waals surface area contributed by atoms with Crippen molar-refractivity contribution in [2.75, 3.05) is 31.4 Å². The first-order chi connectivity index (χ1) is 17.7. The minimum absolute atomic E-state index is 0.0119. The predicted molar refractivity (Wildman–Crippen MR) is 144 cm³/mol. The Bertz CT molecular complexity index is 1250. The van der Waals surface area contributed by atoms with E-state index in [4.69, 9.17) is 5.73 Å². The highest BCUT2D eigenvalue weighted by atomic mass is 32.2. The molecule has 1 saturated carbocycles. The SMILES string of the molecule is CC(C)(C)OC(N)=O.COC(=O)c1cn(C2CC2)c2c(F)c(N3CCCC3)c(F)cc2c1=O.CSC(C)=O. The van der Waals surface area contributed by atoms with Crippen molar-refractivity contribution in [3.05, 3.63) is 39.7 Å². The smallest absolute Gasteiger partial charge is 0.405 e. The van der Waals surface area contributed by atoms with E-state index in [1.807, 2.05) is 0 Å². The van der Waals surface area contributed by atoms with Crippen LogP contribution >= 0.6 is 11.8 Å². The van der Waals surface area contributed by atoms with E-state index in [1.165, 1.54) is 25.1 Å². The van der Waals surface area contributed by atoms with Crippen molar-refractivity contribution in [2.24, 2.45) is 5.73 Å². The molecule has 2 aliphatic rings. The second-order valence-electron chi connectivity index (χ2n) is 9.84. The lowest BCUT2D eigenvalue weighted by Gasteiger charge is -2.22. The summed E-state index contributed by atoms with van der Waals surface area (Å²) in [5.74, 6) is -2.29. The molecule has 2 fully saturated rings. The third-order valence-electron chi connectivity index (χ3n) is 5.65. The number of pyridine rings is 1. The van der Waals surface area contributed by atoms with Crippen molar-refractivity contribution in [1.82, 2.24) is 4.57 Å². The third kappa shape index (κ3) is 8.17. The fourth-order valence-electron chi connectivity index (χ4n) is 3.86. The highest BCUT2D eigenvalue weighted by Crippen LogP contribution is 2.40. The van der Waals surface area contributed by atoms with Gasteiger partial charge in [-0.15, -0.1) is 0 Å². The predicted octanol–water partition coefficient (Wildman–Crippen LogP) is 4.78. The molecule has 1 aromatic carbocycles. The first kappa shape index (κ1) is 31.1. The topological polar surface area (TPSA) is 121 Å². The van der Waals surface area contributed by atoms with Gasteiger partial charge in [0.25, 0.3) is 0 Å². The minimum atomic E-state index is -0.800. The van der Waals surface area contributed by atoms with E-state index in [9.17, 15) is 23.6 Å². The minimum Gasteiger partial charge on any atom is -0.465 e. The number of nitrogens with zero attached hydrogens (tertiary/aromatic N) is 2. The first-order valence-corrected chi connectivity index (χ1v) is 13.4. The number of hydrogen-bond donors (Lipinski definition) is 1. The van der Waals surface area contributed by atoms with Gasteiger partial charge in [-0.1, -0.05) is 11.8 Å². The number of nitrogens with two attached hydrogens (primary N) is 1. The second-order valence-corrected chi connectivity index (χ2v) is 10.8. The molecule has 1 aliphatic heterocycles. The van der Waals surface area contributed by atoms with Crippen LogP contribution < -0.4 is 16.1 Å². The molecule has 1 saturated heterocycles. The van der Waals surface area contributed by atoms with Gasteiger partial charge >= 0.3 is 12.1 Å². The Morgan fingerprint density at radius 1 is 1.13 bits per heavy atom. The van der Waals surface area contributed by atoms with Crippen LogP contribution in [0.5, 0.6) is 0 Å². The normalized spacial score (nSPS) is 14.7. The Morgan fingerprint density at radius 3 is 2.08 bits per heavy atom. The van der Waals surface area contributed by atoms with Crippen LogP contribution in [0, 0.1) is 11.6 Å². The highest BCUT2D eigenvalue weighted by molar-refractivity contribution is 8.12. The van der Waals surface area contributed by atoms with Crippen LogP contribution in [-0.4, -0.2) is 53.8 Å². The summed E-state index contributed by atoms with van der Waals surface area (Å²) >= 11 is 1.24. The van der Waals surface area contributed by atoms with Gasteiger partial charge in [0.05, 0.1) is 18.0 Å². The third-order valence-corrected chi connectivity index (χ3v) is 6.22. The Kier molecular flexibility index (Phi) is 10.7.